The number of rotatable bonds is 3. The van der Waals surface area contributed by atoms with E-state index in [2.05, 4.69) is 10.3 Å². The largest absolute Gasteiger partial charge is 0.404 e. The van der Waals surface area contributed by atoms with E-state index in [0.29, 0.717) is 12.1 Å². The lowest BCUT2D eigenvalue weighted by atomic mass is 9.88. The van der Waals surface area contributed by atoms with Gasteiger partial charge in [-0.3, -0.25) is 4.79 Å². The van der Waals surface area contributed by atoms with Crippen LogP contribution in [0.1, 0.15) is 19.3 Å². The van der Waals surface area contributed by atoms with Crippen molar-refractivity contribution in [1.29, 1.82) is 0 Å². The van der Waals surface area contributed by atoms with Crippen molar-refractivity contribution >= 4 is 17.8 Å². The Morgan fingerprint density at radius 1 is 1.42 bits per heavy atom. The minimum Gasteiger partial charge on any atom is -0.404 e. The van der Waals surface area contributed by atoms with Crippen LogP contribution in [0, 0.1) is 5.82 Å². The monoisotopic (exact) mass is 261 g/mol. The van der Waals surface area contributed by atoms with E-state index in [1.807, 2.05) is 0 Å². The van der Waals surface area contributed by atoms with Crippen molar-refractivity contribution in [1.82, 2.24) is 5.32 Å². The molecule has 100 valence electrons. The van der Waals surface area contributed by atoms with Crippen LogP contribution in [0.15, 0.2) is 41.0 Å². The van der Waals surface area contributed by atoms with Crippen molar-refractivity contribution in [3.63, 3.8) is 0 Å². The Morgan fingerprint density at radius 3 is 2.89 bits per heavy atom. The summed E-state index contributed by atoms with van der Waals surface area (Å²) in [6, 6.07) is 6.21. The number of nitrogens with zero attached hydrogens (tertiary/aromatic N) is 1. The van der Waals surface area contributed by atoms with Gasteiger partial charge in [0.2, 0.25) is 6.41 Å². The van der Waals surface area contributed by atoms with Gasteiger partial charge in [0.25, 0.3) is 0 Å². The Kier molecular flexibility index (Phi) is 4.28. The van der Waals surface area contributed by atoms with Gasteiger partial charge in [-0.05, 0) is 31.4 Å². The number of hydrogen-bond acceptors (Lipinski definition) is 3. The highest BCUT2D eigenvalue weighted by Gasteiger charge is 2.23. The summed E-state index contributed by atoms with van der Waals surface area (Å²) in [6.45, 7) is 0. The number of amides is 1. The molecule has 1 saturated carbocycles. The highest BCUT2D eigenvalue weighted by molar-refractivity contribution is 6.03. The molecule has 1 atom stereocenters. The molecule has 1 aliphatic rings. The van der Waals surface area contributed by atoms with Crippen LogP contribution >= 0.6 is 0 Å². The van der Waals surface area contributed by atoms with E-state index in [4.69, 9.17) is 5.73 Å². The number of nitrogens with two attached hydrogens (primary N) is 1. The molecule has 1 aromatic carbocycles. The van der Waals surface area contributed by atoms with E-state index in [9.17, 15) is 9.18 Å². The van der Waals surface area contributed by atoms with Gasteiger partial charge in [0.1, 0.15) is 5.82 Å². The molecule has 0 radical (unpaired) electrons. The van der Waals surface area contributed by atoms with E-state index in [0.717, 1.165) is 30.5 Å². The first-order valence-corrected chi connectivity index (χ1v) is 6.20. The Balaban J connectivity index is 2.32. The van der Waals surface area contributed by atoms with Gasteiger partial charge in [-0.25, -0.2) is 9.38 Å². The zero-order chi connectivity index (χ0) is 13.7. The molecule has 0 aromatic heterocycles. The highest BCUT2D eigenvalue weighted by Crippen LogP contribution is 2.25. The highest BCUT2D eigenvalue weighted by atomic mass is 19.1. The van der Waals surface area contributed by atoms with E-state index >= 15 is 0 Å². The summed E-state index contributed by atoms with van der Waals surface area (Å²) in [5, 5.41) is 2.71. The second kappa shape index (κ2) is 6.13. The molecule has 4 nitrogen and oxygen atoms in total. The molecule has 0 spiro atoms. The van der Waals surface area contributed by atoms with Crippen LogP contribution in [0.4, 0.5) is 10.1 Å². The van der Waals surface area contributed by atoms with Gasteiger partial charge in [0.05, 0.1) is 11.7 Å². The number of hydrogen-bond donors (Lipinski definition) is 2. The number of nitrogens with one attached hydrogen (secondary N) is 1. The Bertz CT molecular complexity index is 525. The van der Waals surface area contributed by atoms with Gasteiger partial charge < -0.3 is 11.1 Å². The van der Waals surface area contributed by atoms with E-state index < -0.39 is 0 Å². The van der Waals surface area contributed by atoms with Crippen LogP contribution in [-0.4, -0.2) is 18.2 Å². The maximum atomic E-state index is 13.6. The molecular weight excluding hydrogens is 245 g/mol. The number of benzene rings is 1. The van der Waals surface area contributed by atoms with Gasteiger partial charge in [-0.15, -0.1) is 0 Å². The maximum Gasteiger partial charge on any atom is 0.207 e. The quantitative estimate of drug-likeness (QED) is 0.818. The first-order valence-electron chi connectivity index (χ1n) is 6.20. The molecule has 1 aromatic rings. The van der Waals surface area contributed by atoms with Crippen LogP contribution < -0.4 is 11.1 Å². The van der Waals surface area contributed by atoms with E-state index in [1.165, 1.54) is 12.3 Å². The summed E-state index contributed by atoms with van der Waals surface area (Å²) in [5.41, 5.74) is 7.41. The summed E-state index contributed by atoms with van der Waals surface area (Å²) in [7, 11) is 0. The smallest absolute Gasteiger partial charge is 0.207 e. The lowest BCUT2D eigenvalue weighted by molar-refractivity contribution is -0.110. The second-order valence-corrected chi connectivity index (χ2v) is 4.36. The van der Waals surface area contributed by atoms with Crippen LogP contribution in [0.25, 0.3) is 0 Å². The third-order valence-corrected chi connectivity index (χ3v) is 3.17. The number of para-hydroxylation sites is 1. The molecule has 19 heavy (non-hydrogen) atoms. The van der Waals surface area contributed by atoms with Crippen molar-refractivity contribution < 1.29 is 9.18 Å². The Labute approximate surface area is 111 Å². The SMILES string of the molecule is NC=C1C(=Nc2ccccc2F)CCCC1NC=O. The lowest BCUT2D eigenvalue weighted by Gasteiger charge is -2.26. The van der Waals surface area contributed by atoms with Crippen molar-refractivity contribution in [3.8, 4) is 0 Å². The molecular formula is C14H16FN3O. The average molecular weight is 261 g/mol. The predicted octanol–water partition coefficient (Wildman–Crippen LogP) is 2.04. The van der Waals surface area contributed by atoms with Gasteiger partial charge in [0, 0.05) is 17.5 Å². The first-order chi connectivity index (χ1) is 9.26. The molecule has 2 rings (SSSR count). The molecule has 0 heterocycles. The number of aliphatic imine (C=N–C) groups is 1. The fraction of sp³-hybridized carbons (Fsp3) is 0.286. The summed E-state index contributed by atoms with van der Waals surface area (Å²) >= 11 is 0. The second-order valence-electron chi connectivity index (χ2n) is 4.36. The zero-order valence-corrected chi connectivity index (χ0v) is 10.5. The van der Waals surface area contributed by atoms with Crippen LogP contribution in [0.2, 0.25) is 0 Å². The van der Waals surface area contributed by atoms with Crippen LogP contribution in [-0.2, 0) is 4.79 Å². The minimum absolute atomic E-state index is 0.137. The predicted molar refractivity (Wildman–Crippen MR) is 72.6 cm³/mol. The third kappa shape index (κ3) is 2.99. The van der Waals surface area contributed by atoms with Crippen LogP contribution in [0.3, 0.4) is 0 Å². The number of carbonyl (C=O) groups is 1. The molecule has 0 saturated heterocycles. The summed E-state index contributed by atoms with van der Waals surface area (Å²) in [4.78, 5) is 14.9. The van der Waals surface area contributed by atoms with Crippen LogP contribution in [0.5, 0.6) is 0 Å². The molecule has 0 aliphatic heterocycles. The standard InChI is InChI=1S/C14H16FN3O/c15-11-4-1-2-5-14(11)18-13-7-3-6-12(17-9-19)10(13)8-16/h1-2,4-5,8-9,12H,3,6-7,16H2,(H,17,19). The summed E-state index contributed by atoms with van der Waals surface area (Å²) in [6.07, 6.45) is 4.53. The Morgan fingerprint density at radius 2 is 2.21 bits per heavy atom. The van der Waals surface area contributed by atoms with Gasteiger partial charge in [0.15, 0.2) is 0 Å². The molecule has 0 bridgehead atoms. The minimum atomic E-state index is -0.364. The number of carbonyl (C=O) groups excluding carboxylic acids is 1. The molecule has 1 amide bonds. The summed E-state index contributed by atoms with van der Waals surface area (Å²) < 4.78 is 13.6. The van der Waals surface area contributed by atoms with E-state index in [-0.39, 0.29) is 11.9 Å². The lowest BCUT2D eigenvalue weighted by Crippen LogP contribution is -2.36. The maximum absolute atomic E-state index is 13.6. The average Bonchev–Trinajstić information content (AvgIpc) is 2.42. The third-order valence-electron chi connectivity index (χ3n) is 3.17. The van der Waals surface area contributed by atoms with Gasteiger partial charge in [-0.2, -0.15) is 0 Å². The molecule has 1 fully saturated rings. The normalized spacial score (nSPS) is 23.5. The Hall–Kier alpha value is -2.17. The zero-order valence-electron chi connectivity index (χ0n) is 10.5. The first kappa shape index (κ1) is 13.3. The molecule has 3 N–H and O–H groups in total. The van der Waals surface area contributed by atoms with Crippen molar-refractivity contribution in [3.05, 3.63) is 41.9 Å². The van der Waals surface area contributed by atoms with Crippen molar-refractivity contribution in [2.75, 3.05) is 0 Å². The van der Waals surface area contributed by atoms with Crippen molar-refractivity contribution in [2.45, 2.75) is 25.3 Å². The van der Waals surface area contributed by atoms with Gasteiger partial charge in [-0.1, -0.05) is 12.1 Å². The number of halogens is 1. The topological polar surface area (TPSA) is 67.5 Å². The fourth-order valence-corrected chi connectivity index (χ4v) is 2.25. The molecule has 5 heteroatoms. The molecule has 1 aliphatic carbocycles. The van der Waals surface area contributed by atoms with Gasteiger partial charge >= 0.3 is 0 Å². The van der Waals surface area contributed by atoms with Crippen molar-refractivity contribution in [2.24, 2.45) is 10.7 Å². The summed E-state index contributed by atoms with van der Waals surface area (Å²) in [5.74, 6) is -0.364. The fourth-order valence-electron chi connectivity index (χ4n) is 2.25. The molecule has 1 unspecified atom stereocenters. The van der Waals surface area contributed by atoms with E-state index in [1.54, 1.807) is 18.2 Å².